The van der Waals surface area contributed by atoms with E-state index in [1.165, 1.54) is 11.8 Å². The molecule has 1 fully saturated rings. The van der Waals surface area contributed by atoms with Crippen molar-refractivity contribution in [3.63, 3.8) is 0 Å². The number of benzene rings is 1. The molecule has 1 aromatic carbocycles. The number of hydrogen-bond acceptors (Lipinski definition) is 3. The molecule has 0 aliphatic heterocycles. The van der Waals surface area contributed by atoms with Gasteiger partial charge in [-0.3, -0.25) is 9.59 Å². The van der Waals surface area contributed by atoms with Gasteiger partial charge in [-0.05, 0) is 37.0 Å². The molecule has 0 heterocycles. The van der Waals surface area contributed by atoms with Gasteiger partial charge >= 0.3 is 5.97 Å². The zero-order valence-corrected chi connectivity index (χ0v) is 11.9. The molecule has 1 N–H and O–H groups in total. The predicted octanol–water partition coefficient (Wildman–Crippen LogP) is 3.64. The lowest BCUT2D eigenvalue weighted by atomic mass is 9.86. The van der Waals surface area contributed by atoms with Gasteiger partial charge in [0.1, 0.15) is 5.78 Å². The van der Waals surface area contributed by atoms with Crippen molar-refractivity contribution in [2.75, 3.05) is 0 Å². The molecule has 2 rings (SSSR count). The largest absolute Gasteiger partial charge is 0.481 e. The van der Waals surface area contributed by atoms with Crippen LogP contribution in [0.4, 0.5) is 0 Å². The Kier molecular flexibility index (Phi) is 4.88. The Balaban J connectivity index is 2.01. The first-order valence-corrected chi connectivity index (χ1v) is 7.47. The monoisotopic (exact) mass is 298 g/mol. The minimum atomic E-state index is -0.786. The van der Waals surface area contributed by atoms with Crippen molar-refractivity contribution in [1.82, 2.24) is 0 Å². The van der Waals surface area contributed by atoms with Crippen LogP contribution in [0.15, 0.2) is 29.2 Å². The fourth-order valence-corrected chi connectivity index (χ4v) is 3.86. The van der Waals surface area contributed by atoms with Gasteiger partial charge < -0.3 is 5.11 Å². The van der Waals surface area contributed by atoms with Crippen LogP contribution in [0, 0.1) is 5.92 Å². The summed E-state index contributed by atoms with van der Waals surface area (Å²) < 4.78 is 0. The van der Waals surface area contributed by atoms with E-state index in [4.69, 9.17) is 16.7 Å². The SMILES string of the molecule is O=C(O)CC1CCC(=O)C(Sc2cccc(Cl)c2)C1. The molecule has 2 unspecified atom stereocenters. The van der Waals surface area contributed by atoms with Crippen LogP contribution in [0.1, 0.15) is 25.7 Å². The van der Waals surface area contributed by atoms with Crippen molar-refractivity contribution < 1.29 is 14.7 Å². The summed E-state index contributed by atoms with van der Waals surface area (Å²) in [6, 6.07) is 7.40. The van der Waals surface area contributed by atoms with Gasteiger partial charge in [0.25, 0.3) is 0 Å². The molecule has 0 saturated heterocycles. The topological polar surface area (TPSA) is 54.4 Å². The van der Waals surface area contributed by atoms with Gasteiger partial charge in [0.15, 0.2) is 0 Å². The molecule has 0 amide bonds. The number of ketones is 1. The van der Waals surface area contributed by atoms with E-state index in [9.17, 15) is 9.59 Å². The zero-order valence-electron chi connectivity index (χ0n) is 10.3. The van der Waals surface area contributed by atoms with Gasteiger partial charge in [-0.2, -0.15) is 0 Å². The van der Waals surface area contributed by atoms with Gasteiger partial charge in [-0.15, -0.1) is 11.8 Å². The molecule has 0 radical (unpaired) electrons. The molecule has 3 nitrogen and oxygen atoms in total. The maximum atomic E-state index is 11.9. The Hall–Kier alpha value is -1.00. The molecular formula is C14H15ClO3S. The minimum Gasteiger partial charge on any atom is -0.481 e. The van der Waals surface area contributed by atoms with E-state index >= 15 is 0 Å². The van der Waals surface area contributed by atoms with Crippen LogP contribution in [-0.2, 0) is 9.59 Å². The standard InChI is InChI=1S/C14H15ClO3S/c15-10-2-1-3-11(8-10)19-13-6-9(7-14(17)18)4-5-12(13)16/h1-3,8-9,13H,4-7H2,(H,17,18). The Bertz CT molecular complexity index is 489. The number of aliphatic carboxylic acids is 1. The van der Waals surface area contributed by atoms with Crippen molar-refractivity contribution in [3.8, 4) is 0 Å². The number of carbonyl (C=O) groups is 2. The van der Waals surface area contributed by atoms with Crippen LogP contribution >= 0.6 is 23.4 Å². The molecule has 5 heteroatoms. The highest BCUT2D eigenvalue weighted by Gasteiger charge is 2.30. The van der Waals surface area contributed by atoms with E-state index in [1.54, 1.807) is 6.07 Å². The number of Topliss-reactive ketones (excluding diaryl/α,β-unsaturated/α-hetero) is 1. The molecule has 0 spiro atoms. The molecule has 0 aromatic heterocycles. The third kappa shape index (κ3) is 4.25. The van der Waals surface area contributed by atoms with Crippen molar-refractivity contribution in [2.24, 2.45) is 5.92 Å². The van der Waals surface area contributed by atoms with Crippen LogP contribution in [0.5, 0.6) is 0 Å². The van der Waals surface area contributed by atoms with Crippen LogP contribution in [0.2, 0.25) is 5.02 Å². The Morgan fingerprint density at radius 1 is 1.47 bits per heavy atom. The number of halogens is 1. The second kappa shape index (κ2) is 6.44. The van der Waals surface area contributed by atoms with E-state index in [-0.39, 0.29) is 23.4 Å². The van der Waals surface area contributed by atoms with Crippen molar-refractivity contribution in [1.29, 1.82) is 0 Å². The minimum absolute atomic E-state index is 0.104. The highest BCUT2D eigenvalue weighted by molar-refractivity contribution is 8.00. The lowest BCUT2D eigenvalue weighted by Crippen LogP contribution is -2.28. The van der Waals surface area contributed by atoms with Crippen molar-refractivity contribution in [3.05, 3.63) is 29.3 Å². The second-order valence-electron chi connectivity index (χ2n) is 4.77. The van der Waals surface area contributed by atoms with E-state index < -0.39 is 5.97 Å². The normalized spacial score (nSPS) is 23.3. The van der Waals surface area contributed by atoms with Crippen molar-refractivity contribution in [2.45, 2.75) is 35.8 Å². The lowest BCUT2D eigenvalue weighted by Gasteiger charge is -2.26. The average Bonchev–Trinajstić information content (AvgIpc) is 2.33. The van der Waals surface area contributed by atoms with Gasteiger partial charge in [0.2, 0.25) is 0 Å². The first kappa shape index (κ1) is 14.4. The van der Waals surface area contributed by atoms with Gasteiger partial charge in [-0.25, -0.2) is 0 Å². The smallest absolute Gasteiger partial charge is 0.303 e. The van der Waals surface area contributed by atoms with Crippen molar-refractivity contribution >= 4 is 35.1 Å². The molecule has 102 valence electrons. The number of hydrogen-bond donors (Lipinski definition) is 1. The van der Waals surface area contributed by atoms with E-state index in [2.05, 4.69) is 0 Å². The highest BCUT2D eigenvalue weighted by Crippen LogP contribution is 2.36. The summed E-state index contributed by atoms with van der Waals surface area (Å²) in [7, 11) is 0. The summed E-state index contributed by atoms with van der Waals surface area (Å²) in [4.78, 5) is 23.6. The quantitative estimate of drug-likeness (QED) is 0.922. The lowest BCUT2D eigenvalue weighted by molar-refractivity contribution is -0.139. The fraction of sp³-hybridized carbons (Fsp3) is 0.429. The first-order chi connectivity index (χ1) is 9.04. The molecular weight excluding hydrogens is 284 g/mol. The average molecular weight is 299 g/mol. The second-order valence-corrected chi connectivity index (χ2v) is 6.48. The maximum Gasteiger partial charge on any atom is 0.303 e. The molecule has 2 atom stereocenters. The molecule has 0 bridgehead atoms. The van der Waals surface area contributed by atoms with E-state index in [1.807, 2.05) is 18.2 Å². The number of carboxylic acids is 1. The number of carboxylic acid groups (broad SMARTS) is 1. The number of rotatable bonds is 4. The van der Waals surface area contributed by atoms with Crippen LogP contribution in [0.25, 0.3) is 0 Å². The predicted molar refractivity (Wildman–Crippen MR) is 75.7 cm³/mol. The summed E-state index contributed by atoms with van der Waals surface area (Å²) >= 11 is 7.41. The van der Waals surface area contributed by atoms with Gasteiger partial charge in [-0.1, -0.05) is 17.7 Å². The molecule has 19 heavy (non-hydrogen) atoms. The molecule has 1 aliphatic rings. The summed E-state index contributed by atoms with van der Waals surface area (Å²) in [5.41, 5.74) is 0. The van der Waals surface area contributed by atoms with Crippen LogP contribution in [-0.4, -0.2) is 22.1 Å². The van der Waals surface area contributed by atoms with Gasteiger partial charge in [0.05, 0.1) is 5.25 Å². The van der Waals surface area contributed by atoms with E-state index in [0.717, 1.165) is 4.90 Å². The molecule has 1 aliphatic carbocycles. The third-order valence-corrected chi connectivity index (χ3v) is 4.74. The zero-order chi connectivity index (χ0) is 13.8. The van der Waals surface area contributed by atoms with Crippen LogP contribution in [0.3, 0.4) is 0 Å². The number of carbonyl (C=O) groups excluding carboxylic acids is 1. The summed E-state index contributed by atoms with van der Waals surface area (Å²) in [5.74, 6) is -0.468. The third-order valence-electron chi connectivity index (χ3n) is 3.24. The van der Waals surface area contributed by atoms with Crippen LogP contribution < -0.4 is 0 Å². The fourth-order valence-electron chi connectivity index (χ4n) is 2.31. The maximum absolute atomic E-state index is 11.9. The Labute approximate surface area is 121 Å². The summed E-state index contributed by atoms with van der Waals surface area (Å²) in [6.07, 6.45) is 1.97. The van der Waals surface area contributed by atoms with Gasteiger partial charge in [0, 0.05) is 22.8 Å². The summed E-state index contributed by atoms with van der Waals surface area (Å²) in [6.45, 7) is 0. The summed E-state index contributed by atoms with van der Waals surface area (Å²) in [5, 5.41) is 9.34. The van der Waals surface area contributed by atoms with E-state index in [0.29, 0.717) is 24.3 Å². The first-order valence-electron chi connectivity index (χ1n) is 6.21. The number of thioether (sulfide) groups is 1. The Morgan fingerprint density at radius 3 is 2.95 bits per heavy atom. The molecule has 1 aromatic rings. The highest BCUT2D eigenvalue weighted by atomic mass is 35.5. The Morgan fingerprint density at radius 2 is 2.26 bits per heavy atom. The molecule has 1 saturated carbocycles.